The number of nitrogens with one attached hydrogen (secondary N) is 1. The van der Waals surface area contributed by atoms with Gasteiger partial charge < -0.3 is 16.0 Å². The number of thioether (sulfide) groups is 1. The monoisotopic (exact) mass is 653 g/mol. The second-order valence-corrected chi connectivity index (χ2v) is 14.0. The highest BCUT2D eigenvalue weighted by molar-refractivity contribution is 7.99. The fourth-order valence-electron chi connectivity index (χ4n) is 5.47. The van der Waals surface area contributed by atoms with E-state index in [1.54, 1.807) is 44.7 Å². The third-order valence-electron chi connectivity index (χ3n) is 8.20. The number of fused-ring (bicyclic) bond motifs is 1. The highest BCUT2D eigenvalue weighted by atomic mass is 32.2. The Balaban J connectivity index is 1.04. The Morgan fingerprint density at radius 3 is 2.58 bits per heavy atom. The highest BCUT2D eigenvalue weighted by Crippen LogP contribution is 2.36. The lowest BCUT2D eigenvalue weighted by Gasteiger charge is -2.30. The molecule has 3 N–H and O–H groups in total. The molecular weight excluding hydrogens is 620 g/mol. The first-order valence-electron chi connectivity index (χ1n) is 15.0. The Hall–Kier alpha value is -3.61. The first-order valence-corrected chi connectivity index (χ1v) is 16.7. The second-order valence-electron chi connectivity index (χ2n) is 11.5. The Kier molecular flexibility index (Phi) is 9.34. The fraction of sp³-hybridized carbons (Fsp3) is 0.364. The number of nitrogens with two attached hydrogens (primary N) is 1. The predicted molar refractivity (Wildman–Crippen MR) is 172 cm³/mol. The summed E-state index contributed by atoms with van der Waals surface area (Å²) >= 11 is 3.25. The number of amides is 1. The van der Waals surface area contributed by atoms with E-state index in [1.807, 2.05) is 24.3 Å². The zero-order valence-electron chi connectivity index (χ0n) is 24.6. The number of aromatic nitrogens is 2. The van der Waals surface area contributed by atoms with Crippen molar-refractivity contribution < 1.29 is 18.0 Å². The number of hydrogen-bond acceptors (Lipinski definition) is 7. The van der Waals surface area contributed by atoms with Crippen molar-refractivity contribution in [3.05, 3.63) is 103 Å². The van der Waals surface area contributed by atoms with Gasteiger partial charge in [-0.3, -0.25) is 14.2 Å². The number of hydrogen-bond donors (Lipinski definition) is 2. The third kappa shape index (κ3) is 7.45. The summed E-state index contributed by atoms with van der Waals surface area (Å²) in [7, 11) is 0. The molecule has 7 nitrogen and oxygen atoms in total. The molecule has 0 atom stereocenters. The minimum atomic E-state index is -4.34. The fourth-order valence-corrected chi connectivity index (χ4v) is 7.81. The Bertz CT molecular complexity index is 1730. The van der Waals surface area contributed by atoms with Gasteiger partial charge in [0.05, 0.1) is 29.1 Å². The van der Waals surface area contributed by atoms with Crippen molar-refractivity contribution in [3.8, 4) is 5.69 Å². The van der Waals surface area contributed by atoms with Crippen LogP contribution in [0.25, 0.3) is 5.69 Å². The number of carbonyl (C=O) groups excluding carboxylic acids is 1. The maximum absolute atomic E-state index is 13.9. The lowest BCUT2D eigenvalue weighted by atomic mass is 10.0. The molecule has 1 amide bonds. The quantitative estimate of drug-likeness (QED) is 0.120. The van der Waals surface area contributed by atoms with Crippen molar-refractivity contribution in [1.82, 2.24) is 19.8 Å². The van der Waals surface area contributed by atoms with Gasteiger partial charge in [0.15, 0.2) is 5.16 Å². The number of thiophene rings is 1. The van der Waals surface area contributed by atoms with E-state index in [0.29, 0.717) is 66.2 Å². The summed E-state index contributed by atoms with van der Waals surface area (Å²) in [5.74, 6) is -0.0230. The number of halogens is 3. The van der Waals surface area contributed by atoms with Crippen molar-refractivity contribution >= 4 is 34.7 Å². The van der Waals surface area contributed by atoms with Crippen LogP contribution in [0.4, 0.5) is 18.9 Å². The van der Waals surface area contributed by atoms with Crippen LogP contribution in [0.15, 0.2) is 70.6 Å². The van der Waals surface area contributed by atoms with Crippen molar-refractivity contribution in [2.45, 2.75) is 68.2 Å². The van der Waals surface area contributed by atoms with E-state index in [-0.39, 0.29) is 18.0 Å². The van der Waals surface area contributed by atoms with E-state index < -0.39 is 11.7 Å². The van der Waals surface area contributed by atoms with Crippen molar-refractivity contribution in [2.24, 2.45) is 0 Å². The summed E-state index contributed by atoms with van der Waals surface area (Å²) in [5.41, 5.74) is 8.65. The van der Waals surface area contributed by atoms with Crippen molar-refractivity contribution in [2.75, 3.05) is 18.8 Å². The van der Waals surface area contributed by atoms with Gasteiger partial charge in [0, 0.05) is 59.6 Å². The van der Waals surface area contributed by atoms with Crippen molar-refractivity contribution in [3.63, 3.8) is 0 Å². The van der Waals surface area contributed by atoms with Crippen LogP contribution >= 0.6 is 23.1 Å². The number of nitrogen functional groups attached to an aromatic ring is 1. The normalized spacial score (nSPS) is 15.1. The molecule has 1 saturated carbocycles. The van der Waals surface area contributed by atoms with E-state index in [4.69, 9.17) is 10.7 Å². The van der Waals surface area contributed by atoms with Gasteiger partial charge in [0.1, 0.15) is 0 Å². The van der Waals surface area contributed by atoms with Crippen LogP contribution in [0.1, 0.15) is 57.8 Å². The van der Waals surface area contributed by atoms with E-state index in [9.17, 15) is 22.8 Å². The van der Waals surface area contributed by atoms with Gasteiger partial charge in [0.2, 0.25) is 5.91 Å². The van der Waals surface area contributed by atoms with Crippen LogP contribution < -0.4 is 16.6 Å². The number of alkyl halides is 3. The summed E-state index contributed by atoms with van der Waals surface area (Å²) in [5, 5.41) is 4.46. The zero-order chi connectivity index (χ0) is 31.6. The molecule has 236 valence electrons. The van der Waals surface area contributed by atoms with E-state index in [0.717, 1.165) is 46.0 Å². The third-order valence-corrected chi connectivity index (χ3v) is 10.6. The molecule has 2 aromatic carbocycles. The number of nitrogens with zero attached hydrogens (tertiary/aromatic N) is 3. The average Bonchev–Trinajstić information content (AvgIpc) is 3.43. The molecule has 1 fully saturated rings. The number of rotatable bonds is 10. The predicted octanol–water partition coefficient (Wildman–Crippen LogP) is 6.20. The molecule has 1 aliphatic heterocycles. The smallest absolute Gasteiger partial charge is 0.399 e. The van der Waals surface area contributed by atoms with E-state index >= 15 is 0 Å². The first-order chi connectivity index (χ1) is 21.6. The summed E-state index contributed by atoms with van der Waals surface area (Å²) < 4.78 is 40.1. The van der Waals surface area contributed by atoms with Crippen molar-refractivity contribution in [1.29, 1.82) is 0 Å². The molecule has 0 radical (unpaired) electrons. The molecule has 2 aromatic heterocycles. The van der Waals surface area contributed by atoms with Gasteiger partial charge in [-0.2, -0.15) is 13.2 Å². The lowest BCUT2D eigenvalue weighted by molar-refractivity contribution is -0.137. The minimum Gasteiger partial charge on any atom is -0.399 e. The highest BCUT2D eigenvalue weighted by Gasteiger charge is 2.30. The molecule has 0 saturated heterocycles. The Morgan fingerprint density at radius 1 is 1.09 bits per heavy atom. The SMILES string of the molecule is Nc1cccc(-n2c(SC3CCC3)nc3c(c2=O)CN(C(=O)CCNCc2ccc(Cc4ccc(C(F)(F)F)cc4)s2)CC3)c1. The van der Waals surface area contributed by atoms with Crippen LogP contribution in [0.5, 0.6) is 0 Å². The molecule has 0 spiro atoms. The van der Waals surface area contributed by atoms with Crippen LogP contribution in [-0.2, 0) is 36.9 Å². The van der Waals surface area contributed by atoms with Gasteiger partial charge in [0.25, 0.3) is 5.56 Å². The molecule has 6 rings (SSSR count). The number of benzene rings is 2. The van der Waals surface area contributed by atoms with Crippen LogP contribution in [0, 0.1) is 0 Å². The van der Waals surface area contributed by atoms with Gasteiger partial charge >= 0.3 is 6.18 Å². The summed E-state index contributed by atoms with van der Waals surface area (Å²) in [6, 6.07) is 16.5. The molecule has 0 bridgehead atoms. The number of carbonyl (C=O) groups is 1. The molecule has 4 aromatic rings. The van der Waals surface area contributed by atoms with E-state index in [1.165, 1.54) is 18.6 Å². The van der Waals surface area contributed by atoms with Crippen LogP contribution in [0.2, 0.25) is 0 Å². The van der Waals surface area contributed by atoms with Crippen LogP contribution in [-0.4, -0.2) is 38.7 Å². The summed E-state index contributed by atoms with van der Waals surface area (Å²) in [6.45, 7) is 1.82. The average molecular weight is 654 g/mol. The zero-order valence-corrected chi connectivity index (χ0v) is 26.2. The van der Waals surface area contributed by atoms with Crippen LogP contribution in [0.3, 0.4) is 0 Å². The van der Waals surface area contributed by atoms with Gasteiger partial charge in [-0.25, -0.2) is 4.98 Å². The Labute approximate surface area is 267 Å². The molecule has 3 heterocycles. The molecule has 2 aliphatic rings. The topological polar surface area (TPSA) is 93.2 Å². The van der Waals surface area contributed by atoms with E-state index in [2.05, 4.69) is 5.32 Å². The molecule has 0 unspecified atom stereocenters. The first kappa shape index (κ1) is 31.4. The molecule has 1 aliphatic carbocycles. The molecule has 12 heteroatoms. The lowest BCUT2D eigenvalue weighted by Crippen LogP contribution is -2.42. The summed E-state index contributed by atoms with van der Waals surface area (Å²) in [6.07, 6.45) is 0.476. The largest absolute Gasteiger partial charge is 0.416 e. The second kappa shape index (κ2) is 13.4. The van der Waals surface area contributed by atoms with Gasteiger partial charge in [-0.05, 0) is 60.9 Å². The Morgan fingerprint density at radius 2 is 1.87 bits per heavy atom. The summed E-state index contributed by atoms with van der Waals surface area (Å²) in [4.78, 5) is 35.8. The standard InChI is InChI=1S/C33H34F3N5O2S2/c34-33(35,36)22-9-7-21(8-10-22)17-26-11-12-27(44-26)19-38-15-13-30(42)40-16-14-29-28(20-40)31(43)41(24-4-1-3-23(37)18-24)32(39-29)45-25-5-2-6-25/h1,3-4,7-12,18,25,38H,2,5-6,13-17,19-20,37H2. The minimum absolute atomic E-state index is 0.0230. The van der Waals surface area contributed by atoms with Gasteiger partial charge in [-0.1, -0.05) is 36.4 Å². The number of anilines is 1. The maximum atomic E-state index is 13.9. The molecular formula is C33H34F3N5O2S2. The maximum Gasteiger partial charge on any atom is 0.416 e. The van der Waals surface area contributed by atoms with Gasteiger partial charge in [-0.15, -0.1) is 11.3 Å². The molecule has 45 heavy (non-hydrogen) atoms.